The molecule has 2 fully saturated rings. The minimum absolute atomic E-state index is 0.386. The number of ether oxygens (including phenoxy) is 1. The van der Waals surface area contributed by atoms with Crippen LogP contribution in [-0.2, 0) is 0 Å². The lowest BCUT2D eigenvalue weighted by atomic mass is 9.68. The topological polar surface area (TPSA) is 21.3 Å². The number of hydrogen-bond acceptors (Lipinski definition) is 2. The normalized spacial score (nSPS) is 34.9. The summed E-state index contributed by atoms with van der Waals surface area (Å²) in [5, 5.41) is 3.95. The van der Waals surface area contributed by atoms with E-state index in [1.165, 1.54) is 24.8 Å². The highest BCUT2D eigenvalue weighted by molar-refractivity contribution is 5.29. The van der Waals surface area contributed by atoms with Gasteiger partial charge in [-0.25, -0.2) is 0 Å². The molecule has 0 amide bonds. The Kier molecular flexibility index (Phi) is 3.56. The predicted octanol–water partition coefficient (Wildman–Crippen LogP) is 4.56. The zero-order valence-electron chi connectivity index (χ0n) is 14.1. The standard InChI is InChI=1S/C19H29NO/c1-13(14-6-8-16(21-5)9-7-14)20-17-18(2,3)15-10-11-19(17,4)12-15/h6-9,13,15,17,20H,10-12H2,1-5H3/t13-,15?,17?,19?/m1/s1. The zero-order valence-corrected chi connectivity index (χ0v) is 14.1. The number of hydrogen-bond donors (Lipinski definition) is 1. The molecule has 0 radical (unpaired) electrons. The fraction of sp³-hybridized carbons (Fsp3) is 0.684. The minimum atomic E-state index is 0.386. The molecule has 3 unspecified atom stereocenters. The van der Waals surface area contributed by atoms with E-state index >= 15 is 0 Å². The van der Waals surface area contributed by atoms with Gasteiger partial charge in [0.05, 0.1) is 7.11 Å². The van der Waals surface area contributed by atoms with Gasteiger partial charge in [-0.2, -0.15) is 0 Å². The summed E-state index contributed by atoms with van der Waals surface area (Å²) in [7, 11) is 1.72. The molecule has 1 aromatic rings. The van der Waals surface area contributed by atoms with Gasteiger partial charge in [-0.05, 0) is 60.6 Å². The molecule has 116 valence electrons. The van der Waals surface area contributed by atoms with Crippen LogP contribution in [0.3, 0.4) is 0 Å². The first-order chi connectivity index (χ1) is 9.87. The van der Waals surface area contributed by atoms with Crippen molar-refractivity contribution in [2.45, 2.75) is 59.0 Å². The van der Waals surface area contributed by atoms with Crippen LogP contribution in [0.2, 0.25) is 0 Å². The molecule has 2 bridgehead atoms. The quantitative estimate of drug-likeness (QED) is 0.876. The second-order valence-electron chi connectivity index (χ2n) is 8.01. The van der Waals surface area contributed by atoms with E-state index < -0.39 is 0 Å². The van der Waals surface area contributed by atoms with Crippen LogP contribution < -0.4 is 10.1 Å². The fourth-order valence-electron chi connectivity index (χ4n) is 4.96. The SMILES string of the molecule is COc1ccc([C@@H](C)NC2C3(C)CCC(C3)C2(C)C)cc1. The molecule has 3 rings (SSSR count). The third kappa shape index (κ3) is 2.38. The Morgan fingerprint density at radius 1 is 1.19 bits per heavy atom. The molecule has 2 heteroatoms. The summed E-state index contributed by atoms with van der Waals surface area (Å²) >= 11 is 0. The molecule has 0 spiro atoms. The van der Waals surface area contributed by atoms with Gasteiger partial charge in [0.1, 0.15) is 5.75 Å². The molecule has 2 nitrogen and oxygen atoms in total. The average Bonchev–Trinajstić information content (AvgIpc) is 2.94. The third-order valence-electron chi connectivity index (χ3n) is 6.30. The maximum atomic E-state index is 5.25. The molecule has 2 aliphatic carbocycles. The summed E-state index contributed by atoms with van der Waals surface area (Å²) in [5.41, 5.74) is 2.24. The molecule has 1 N–H and O–H groups in total. The van der Waals surface area contributed by atoms with E-state index in [0.29, 0.717) is 22.9 Å². The predicted molar refractivity (Wildman–Crippen MR) is 87.6 cm³/mol. The van der Waals surface area contributed by atoms with Gasteiger partial charge in [-0.3, -0.25) is 0 Å². The lowest BCUT2D eigenvalue weighted by Gasteiger charge is -2.44. The monoisotopic (exact) mass is 287 g/mol. The van der Waals surface area contributed by atoms with E-state index in [1.54, 1.807) is 7.11 Å². The lowest BCUT2D eigenvalue weighted by Crippen LogP contribution is -2.50. The van der Waals surface area contributed by atoms with Crippen molar-refractivity contribution >= 4 is 0 Å². The van der Waals surface area contributed by atoms with Crippen LogP contribution in [0.5, 0.6) is 5.75 Å². The highest BCUT2D eigenvalue weighted by atomic mass is 16.5. The zero-order chi connectivity index (χ0) is 15.3. The highest BCUT2D eigenvalue weighted by Crippen LogP contribution is 2.62. The Balaban J connectivity index is 1.76. The van der Waals surface area contributed by atoms with Gasteiger partial charge in [0.25, 0.3) is 0 Å². The molecule has 0 heterocycles. The van der Waals surface area contributed by atoms with Gasteiger partial charge >= 0.3 is 0 Å². The number of methoxy groups -OCH3 is 1. The summed E-state index contributed by atoms with van der Waals surface area (Å²) in [6.45, 7) is 9.69. The Morgan fingerprint density at radius 2 is 1.86 bits per heavy atom. The largest absolute Gasteiger partial charge is 0.497 e. The van der Waals surface area contributed by atoms with Crippen molar-refractivity contribution < 1.29 is 4.74 Å². The second-order valence-corrected chi connectivity index (χ2v) is 8.01. The number of benzene rings is 1. The van der Waals surface area contributed by atoms with Gasteiger partial charge in [-0.15, -0.1) is 0 Å². The van der Waals surface area contributed by atoms with Crippen LogP contribution in [0, 0.1) is 16.7 Å². The van der Waals surface area contributed by atoms with Crippen molar-refractivity contribution in [2.75, 3.05) is 7.11 Å². The Labute approximate surface area is 129 Å². The summed E-state index contributed by atoms with van der Waals surface area (Å²) in [6.07, 6.45) is 4.19. The van der Waals surface area contributed by atoms with E-state index in [0.717, 1.165) is 11.7 Å². The number of rotatable bonds is 4. The molecule has 2 saturated carbocycles. The van der Waals surface area contributed by atoms with Crippen molar-refractivity contribution in [3.05, 3.63) is 29.8 Å². The van der Waals surface area contributed by atoms with Crippen LogP contribution >= 0.6 is 0 Å². The first kappa shape index (κ1) is 14.9. The first-order valence-corrected chi connectivity index (χ1v) is 8.27. The van der Waals surface area contributed by atoms with E-state index in [2.05, 4.69) is 57.3 Å². The van der Waals surface area contributed by atoms with E-state index in [1.807, 2.05) is 0 Å². The molecular weight excluding hydrogens is 258 g/mol. The van der Waals surface area contributed by atoms with Crippen LogP contribution in [0.4, 0.5) is 0 Å². The fourth-order valence-corrected chi connectivity index (χ4v) is 4.96. The first-order valence-electron chi connectivity index (χ1n) is 8.27. The van der Waals surface area contributed by atoms with Crippen molar-refractivity contribution in [2.24, 2.45) is 16.7 Å². The van der Waals surface area contributed by atoms with E-state index in [-0.39, 0.29) is 0 Å². The van der Waals surface area contributed by atoms with Gasteiger partial charge in [0, 0.05) is 12.1 Å². The Bertz CT molecular complexity index is 502. The minimum Gasteiger partial charge on any atom is -0.497 e. The molecule has 2 aliphatic rings. The van der Waals surface area contributed by atoms with Gasteiger partial charge in [-0.1, -0.05) is 32.9 Å². The van der Waals surface area contributed by atoms with Gasteiger partial charge in [0.2, 0.25) is 0 Å². The summed E-state index contributed by atoms with van der Waals surface area (Å²) < 4.78 is 5.25. The van der Waals surface area contributed by atoms with Crippen molar-refractivity contribution in [3.8, 4) is 5.75 Å². The van der Waals surface area contributed by atoms with Crippen LogP contribution in [0.25, 0.3) is 0 Å². The van der Waals surface area contributed by atoms with Crippen molar-refractivity contribution in [1.29, 1.82) is 0 Å². The van der Waals surface area contributed by atoms with E-state index in [9.17, 15) is 0 Å². The molecule has 0 aromatic heterocycles. The van der Waals surface area contributed by atoms with Gasteiger partial charge < -0.3 is 10.1 Å². The van der Waals surface area contributed by atoms with E-state index in [4.69, 9.17) is 4.74 Å². The summed E-state index contributed by atoms with van der Waals surface area (Å²) in [4.78, 5) is 0. The van der Waals surface area contributed by atoms with Crippen molar-refractivity contribution in [1.82, 2.24) is 5.32 Å². The van der Waals surface area contributed by atoms with Crippen LogP contribution in [0.15, 0.2) is 24.3 Å². The molecule has 21 heavy (non-hydrogen) atoms. The van der Waals surface area contributed by atoms with Crippen molar-refractivity contribution in [3.63, 3.8) is 0 Å². The second kappa shape index (κ2) is 5.01. The lowest BCUT2D eigenvalue weighted by molar-refractivity contribution is 0.100. The van der Waals surface area contributed by atoms with Gasteiger partial charge in [0.15, 0.2) is 0 Å². The molecule has 1 aromatic carbocycles. The Hall–Kier alpha value is -1.02. The summed E-state index contributed by atoms with van der Waals surface area (Å²) in [5.74, 6) is 1.82. The number of nitrogens with one attached hydrogen (secondary N) is 1. The molecule has 0 aliphatic heterocycles. The maximum Gasteiger partial charge on any atom is 0.118 e. The summed E-state index contributed by atoms with van der Waals surface area (Å²) in [6, 6.07) is 9.47. The Morgan fingerprint density at radius 3 is 2.38 bits per heavy atom. The third-order valence-corrected chi connectivity index (χ3v) is 6.30. The van der Waals surface area contributed by atoms with Crippen LogP contribution in [0.1, 0.15) is 58.6 Å². The molecule has 0 saturated heterocycles. The smallest absolute Gasteiger partial charge is 0.118 e. The molecule has 4 atom stereocenters. The number of fused-ring (bicyclic) bond motifs is 2. The average molecular weight is 287 g/mol. The van der Waals surface area contributed by atoms with Crippen LogP contribution in [-0.4, -0.2) is 13.2 Å². The maximum absolute atomic E-state index is 5.25. The highest BCUT2D eigenvalue weighted by Gasteiger charge is 2.59. The molecular formula is C19H29NO.